The largest absolute Gasteiger partial charge is 0.381 e. The van der Waals surface area contributed by atoms with Gasteiger partial charge in [-0.15, -0.1) is 0 Å². The van der Waals surface area contributed by atoms with Gasteiger partial charge in [0.05, 0.1) is 6.61 Å². The van der Waals surface area contributed by atoms with Gasteiger partial charge >= 0.3 is 0 Å². The normalized spacial score (nSPS) is 26.9. The molecule has 4 rings (SSSR count). The summed E-state index contributed by atoms with van der Waals surface area (Å²) < 4.78 is 5.53. The molecular formula is C24H39N5O. The van der Waals surface area contributed by atoms with Gasteiger partial charge in [0, 0.05) is 58.5 Å². The topological polar surface area (TPSA) is 52.1 Å². The van der Waals surface area contributed by atoms with Crippen molar-refractivity contribution in [2.24, 2.45) is 10.9 Å². The van der Waals surface area contributed by atoms with Gasteiger partial charge in [0.15, 0.2) is 5.96 Å². The maximum atomic E-state index is 5.53. The van der Waals surface area contributed by atoms with E-state index in [0.717, 1.165) is 38.2 Å². The maximum Gasteiger partial charge on any atom is 0.191 e. The molecule has 6 heteroatoms. The Bertz CT molecular complexity index is 653. The SMILES string of the molecule is CN=C(NCC1CCCN1Cc1ccccc1)NC1CCN(CC2CCOC2)CC1. The number of rotatable bonds is 7. The molecule has 166 valence electrons. The third-order valence-electron chi connectivity index (χ3n) is 6.93. The smallest absolute Gasteiger partial charge is 0.191 e. The second-order valence-electron chi connectivity index (χ2n) is 9.15. The first-order valence-corrected chi connectivity index (χ1v) is 11.9. The average Bonchev–Trinajstić information content (AvgIpc) is 3.45. The van der Waals surface area contributed by atoms with E-state index in [1.54, 1.807) is 0 Å². The molecule has 3 heterocycles. The molecule has 0 aromatic heterocycles. The van der Waals surface area contributed by atoms with Crippen LogP contribution in [-0.2, 0) is 11.3 Å². The molecule has 30 heavy (non-hydrogen) atoms. The van der Waals surface area contributed by atoms with Gasteiger partial charge < -0.3 is 20.3 Å². The van der Waals surface area contributed by atoms with Crippen molar-refractivity contribution in [1.82, 2.24) is 20.4 Å². The molecule has 1 aromatic carbocycles. The summed E-state index contributed by atoms with van der Waals surface area (Å²) in [6.07, 6.45) is 6.17. The molecule has 0 bridgehead atoms. The number of likely N-dealkylation sites (tertiary alicyclic amines) is 2. The molecule has 0 saturated carbocycles. The van der Waals surface area contributed by atoms with Gasteiger partial charge in [0.1, 0.15) is 0 Å². The number of aliphatic imine (C=N–C) groups is 1. The molecule has 2 atom stereocenters. The van der Waals surface area contributed by atoms with E-state index in [9.17, 15) is 0 Å². The van der Waals surface area contributed by atoms with Crippen molar-refractivity contribution in [1.29, 1.82) is 0 Å². The van der Waals surface area contributed by atoms with Crippen LogP contribution in [-0.4, -0.2) is 80.8 Å². The van der Waals surface area contributed by atoms with Gasteiger partial charge in [-0.2, -0.15) is 0 Å². The Kier molecular flexibility index (Phi) is 8.01. The molecular weight excluding hydrogens is 374 g/mol. The van der Waals surface area contributed by atoms with Crippen molar-refractivity contribution in [3.63, 3.8) is 0 Å². The second-order valence-corrected chi connectivity index (χ2v) is 9.15. The number of guanidine groups is 1. The highest BCUT2D eigenvalue weighted by molar-refractivity contribution is 5.80. The Morgan fingerprint density at radius 3 is 2.67 bits per heavy atom. The molecule has 2 unspecified atom stereocenters. The maximum absolute atomic E-state index is 5.53. The van der Waals surface area contributed by atoms with Crippen LogP contribution in [0.25, 0.3) is 0 Å². The zero-order valence-corrected chi connectivity index (χ0v) is 18.6. The van der Waals surface area contributed by atoms with Crippen molar-refractivity contribution < 1.29 is 4.74 Å². The summed E-state index contributed by atoms with van der Waals surface area (Å²) in [5.41, 5.74) is 1.41. The fourth-order valence-corrected chi connectivity index (χ4v) is 5.11. The van der Waals surface area contributed by atoms with E-state index in [4.69, 9.17) is 4.74 Å². The Hall–Kier alpha value is -1.63. The zero-order chi connectivity index (χ0) is 20.6. The Balaban J connectivity index is 1.18. The van der Waals surface area contributed by atoms with Crippen LogP contribution in [0.2, 0.25) is 0 Å². The Morgan fingerprint density at radius 1 is 1.10 bits per heavy atom. The van der Waals surface area contributed by atoms with Crippen molar-refractivity contribution in [3.05, 3.63) is 35.9 Å². The lowest BCUT2D eigenvalue weighted by molar-refractivity contribution is 0.150. The van der Waals surface area contributed by atoms with Crippen LogP contribution in [0.5, 0.6) is 0 Å². The average molecular weight is 414 g/mol. The van der Waals surface area contributed by atoms with Crippen LogP contribution < -0.4 is 10.6 Å². The molecule has 3 saturated heterocycles. The summed E-state index contributed by atoms with van der Waals surface area (Å²) in [6.45, 7) is 8.68. The molecule has 0 spiro atoms. The first-order valence-electron chi connectivity index (χ1n) is 11.9. The number of benzene rings is 1. The van der Waals surface area contributed by atoms with Crippen molar-refractivity contribution in [2.75, 3.05) is 53.0 Å². The molecule has 1 aromatic rings. The molecule has 3 aliphatic heterocycles. The van der Waals surface area contributed by atoms with Gasteiger partial charge in [-0.05, 0) is 50.1 Å². The van der Waals surface area contributed by atoms with Gasteiger partial charge in [-0.1, -0.05) is 30.3 Å². The highest BCUT2D eigenvalue weighted by Gasteiger charge is 2.26. The minimum absolute atomic E-state index is 0.524. The van der Waals surface area contributed by atoms with Gasteiger partial charge in [-0.3, -0.25) is 9.89 Å². The third kappa shape index (κ3) is 6.19. The quantitative estimate of drug-likeness (QED) is 0.531. The standard InChI is InChI=1S/C24H39N5O/c1-25-24(27-22-9-13-28(14-10-22)17-21-11-15-30-19-21)26-16-23-8-5-12-29(23)18-20-6-3-2-4-7-20/h2-4,6-7,21-23H,5,8-19H2,1H3,(H2,25,26,27). The summed E-state index contributed by atoms with van der Waals surface area (Å²) in [5, 5.41) is 7.29. The lowest BCUT2D eigenvalue weighted by atomic mass is 10.0. The summed E-state index contributed by atoms with van der Waals surface area (Å²) in [6, 6.07) is 11.9. The first-order chi connectivity index (χ1) is 14.8. The van der Waals surface area contributed by atoms with E-state index in [1.165, 1.54) is 63.8 Å². The van der Waals surface area contributed by atoms with E-state index in [0.29, 0.717) is 12.1 Å². The fraction of sp³-hybridized carbons (Fsp3) is 0.708. The highest BCUT2D eigenvalue weighted by atomic mass is 16.5. The predicted octanol–water partition coefficient (Wildman–Crippen LogP) is 2.32. The number of nitrogens with zero attached hydrogens (tertiary/aromatic N) is 3. The molecule has 3 fully saturated rings. The predicted molar refractivity (Wildman–Crippen MR) is 123 cm³/mol. The number of hydrogen-bond donors (Lipinski definition) is 2. The van der Waals surface area contributed by atoms with Gasteiger partial charge in [0.25, 0.3) is 0 Å². The van der Waals surface area contributed by atoms with Crippen molar-refractivity contribution in [3.8, 4) is 0 Å². The fourth-order valence-electron chi connectivity index (χ4n) is 5.11. The van der Waals surface area contributed by atoms with E-state index in [1.807, 2.05) is 7.05 Å². The Morgan fingerprint density at radius 2 is 1.93 bits per heavy atom. The van der Waals surface area contributed by atoms with Crippen LogP contribution in [0.1, 0.15) is 37.7 Å². The molecule has 0 amide bonds. The van der Waals surface area contributed by atoms with Crippen LogP contribution in [0.15, 0.2) is 35.3 Å². The van der Waals surface area contributed by atoms with Crippen LogP contribution >= 0.6 is 0 Å². The molecule has 6 nitrogen and oxygen atoms in total. The van der Waals surface area contributed by atoms with Crippen LogP contribution in [0.3, 0.4) is 0 Å². The number of nitrogens with one attached hydrogen (secondary N) is 2. The minimum Gasteiger partial charge on any atom is -0.381 e. The molecule has 2 N–H and O–H groups in total. The monoisotopic (exact) mass is 413 g/mol. The second kappa shape index (κ2) is 11.1. The van der Waals surface area contributed by atoms with E-state index >= 15 is 0 Å². The summed E-state index contributed by atoms with van der Waals surface area (Å²) >= 11 is 0. The Labute approximate surface area is 182 Å². The third-order valence-corrected chi connectivity index (χ3v) is 6.93. The molecule has 0 radical (unpaired) electrons. The van der Waals surface area contributed by atoms with Crippen molar-refractivity contribution in [2.45, 2.75) is 50.7 Å². The van der Waals surface area contributed by atoms with E-state index < -0.39 is 0 Å². The van der Waals surface area contributed by atoms with E-state index in [2.05, 4.69) is 55.8 Å². The number of piperidine rings is 1. The molecule has 3 aliphatic rings. The van der Waals surface area contributed by atoms with Gasteiger partial charge in [0.2, 0.25) is 0 Å². The lowest BCUT2D eigenvalue weighted by Crippen LogP contribution is -2.51. The summed E-state index contributed by atoms with van der Waals surface area (Å²) in [5.74, 6) is 1.71. The summed E-state index contributed by atoms with van der Waals surface area (Å²) in [4.78, 5) is 9.73. The molecule has 0 aliphatic carbocycles. The van der Waals surface area contributed by atoms with Gasteiger partial charge in [-0.25, -0.2) is 0 Å². The minimum atomic E-state index is 0.524. The highest BCUT2D eigenvalue weighted by Crippen LogP contribution is 2.20. The van der Waals surface area contributed by atoms with Crippen LogP contribution in [0.4, 0.5) is 0 Å². The first kappa shape index (κ1) is 21.6. The summed E-state index contributed by atoms with van der Waals surface area (Å²) in [7, 11) is 1.89. The van der Waals surface area contributed by atoms with E-state index in [-0.39, 0.29) is 0 Å². The number of ether oxygens (including phenoxy) is 1. The number of hydrogen-bond acceptors (Lipinski definition) is 4. The lowest BCUT2D eigenvalue weighted by Gasteiger charge is -2.34. The zero-order valence-electron chi connectivity index (χ0n) is 18.6. The van der Waals surface area contributed by atoms with Crippen LogP contribution in [0, 0.1) is 5.92 Å². The van der Waals surface area contributed by atoms with Crippen molar-refractivity contribution >= 4 is 5.96 Å².